The van der Waals surface area contributed by atoms with E-state index in [-0.39, 0.29) is 30.6 Å². The Bertz CT molecular complexity index is 829. The molecule has 8 heteroatoms. The van der Waals surface area contributed by atoms with E-state index in [0.29, 0.717) is 19.7 Å². The van der Waals surface area contributed by atoms with Gasteiger partial charge in [-0.1, -0.05) is 6.92 Å². The second-order valence-corrected chi connectivity index (χ2v) is 7.30. The van der Waals surface area contributed by atoms with Gasteiger partial charge in [0.1, 0.15) is 13.2 Å². The molecule has 2 amide bonds. The van der Waals surface area contributed by atoms with E-state index in [0.717, 1.165) is 30.5 Å². The average molecular weight is 383 g/mol. The van der Waals surface area contributed by atoms with E-state index in [9.17, 15) is 9.59 Å². The van der Waals surface area contributed by atoms with Crippen LogP contribution in [-0.2, 0) is 16.1 Å². The number of amides is 2. The summed E-state index contributed by atoms with van der Waals surface area (Å²) in [5.74, 6) is 0.0512. The Morgan fingerprint density at radius 3 is 2.82 bits per heavy atom. The number of aromatic nitrogens is 3. The van der Waals surface area contributed by atoms with E-state index in [1.165, 1.54) is 0 Å². The molecule has 0 aromatic carbocycles. The van der Waals surface area contributed by atoms with Crippen molar-refractivity contribution < 1.29 is 14.3 Å². The Morgan fingerprint density at radius 1 is 1.29 bits per heavy atom. The Labute approximate surface area is 164 Å². The minimum Gasteiger partial charge on any atom is -0.447 e. The highest BCUT2D eigenvalue weighted by Crippen LogP contribution is 2.25. The fourth-order valence-corrected chi connectivity index (χ4v) is 3.98. The zero-order valence-electron chi connectivity index (χ0n) is 16.0. The smallest absolute Gasteiger partial charge is 0.410 e. The molecule has 28 heavy (non-hydrogen) atoms. The standard InChI is InChI=1S/C20H25N5O3/c1-2-16-14-28-20(27)25(16)17-5-9-23(10-6-17)19(26)13-24-11-7-18(22-24)15-4-3-8-21-12-15/h3-4,7-8,11-12,16-17H,2,5-6,9-10,13-14H2,1H3. The zero-order valence-corrected chi connectivity index (χ0v) is 16.0. The number of rotatable bonds is 5. The Morgan fingerprint density at radius 2 is 2.11 bits per heavy atom. The van der Waals surface area contributed by atoms with Crippen LogP contribution < -0.4 is 0 Å². The second-order valence-electron chi connectivity index (χ2n) is 7.30. The molecule has 2 aromatic rings. The molecule has 1 atom stereocenters. The van der Waals surface area contributed by atoms with E-state index in [1.54, 1.807) is 17.1 Å². The summed E-state index contributed by atoms with van der Waals surface area (Å²) in [6, 6.07) is 6.02. The summed E-state index contributed by atoms with van der Waals surface area (Å²) in [6.07, 6.45) is 7.55. The van der Waals surface area contributed by atoms with Crippen LogP contribution in [0.2, 0.25) is 0 Å². The largest absolute Gasteiger partial charge is 0.447 e. The molecule has 0 bridgehead atoms. The minimum absolute atomic E-state index is 0.0512. The third-order valence-electron chi connectivity index (χ3n) is 5.58. The number of piperidine rings is 1. The van der Waals surface area contributed by atoms with E-state index >= 15 is 0 Å². The van der Waals surface area contributed by atoms with Gasteiger partial charge >= 0.3 is 6.09 Å². The highest BCUT2D eigenvalue weighted by Gasteiger charge is 2.38. The van der Waals surface area contributed by atoms with Gasteiger partial charge in [-0.3, -0.25) is 19.4 Å². The fraction of sp³-hybridized carbons (Fsp3) is 0.500. The molecule has 4 heterocycles. The van der Waals surface area contributed by atoms with Crippen molar-refractivity contribution in [1.82, 2.24) is 24.6 Å². The first-order valence-electron chi connectivity index (χ1n) is 9.82. The number of carbonyl (C=O) groups excluding carboxylic acids is 2. The topological polar surface area (TPSA) is 80.6 Å². The Kier molecular flexibility index (Phi) is 5.27. The molecule has 2 aromatic heterocycles. The molecule has 0 radical (unpaired) electrons. The molecular formula is C20H25N5O3. The average Bonchev–Trinajstić information content (AvgIpc) is 3.35. The molecule has 2 aliphatic rings. The van der Waals surface area contributed by atoms with Gasteiger partial charge in [0.15, 0.2) is 0 Å². The number of carbonyl (C=O) groups is 2. The van der Waals surface area contributed by atoms with Crippen molar-refractivity contribution in [3.05, 3.63) is 36.8 Å². The lowest BCUT2D eigenvalue weighted by Gasteiger charge is -2.37. The molecule has 2 saturated heterocycles. The highest BCUT2D eigenvalue weighted by atomic mass is 16.6. The number of cyclic esters (lactones) is 1. The molecule has 2 aliphatic heterocycles. The van der Waals surface area contributed by atoms with Gasteiger partial charge in [-0.15, -0.1) is 0 Å². The molecule has 0 N–H and O–H groups in total. The van der Waals surface area contributed by atoms with Crippen LogP contribution in [0.3, 0.4) is 0 Å². The van der Waals surface area contributed by atoms with Gasteiger partial charge in [-0.2, -0.15) is 5.10 Å². The van der Waals surface area contributed by atoms with Gasteiger partial charge in [0.2, 0.25) is 5.91 Å². The van der Waals surface area contributed by atoms with Crippen LogP contribution in [0.4, 0.5) is 4.79 Å². The summed E-state index contributed by atoms with van der Waals surface area (Å²) < 4.78 is 6.87. The van der Waals surface area contributed by atoms with Crippen molar-refractivity contribution in [2.45, 2.75) is 44.8 Å². The third kappa shape index (κ3) is 3.72. The summed E-state index contributed by atoms with van der Waals surface area (Å²) in [5.41, 5.74) is 1.73. The predicted octanol–water partition coefficient (Wildman–Crippen LogP) is 2.17. The predicted molar refractivity (Wildman–Crippen MR) is 102 cm³/mol. The van der Waals surface area contributed by atoms with Gasteiger partial charge in [0.05, 0.1) is 11.7 Å². The van der Waals surface area contributed by atoms with E-state index in [2.05, 4.69) is 17.0 Å². The number of hydrogen-bond donors (Lipinski definition) is 0. The normalized spacial score (nSPS) is 20.5. The van der Waals surface area contributed by atoms with Crippen molar-refractivity contribution >= 4 is 12.0 Å². The monoisotopic (exact) mass is 383 g/mol. The summed E-state index contributed by atoms with van der Waals surface area (Å²) in [7, 11) is 0. The maximum atomic E-state index is 12.7. The zero-order chi connectivity index (χ0) is 19.5. The van der Waals surface area contributed by atoms with Crippen molar-refractivity contribution in [2.75, 3.05) is 19.7 Å². The Hall–Kier alpha value is -2.90. The summed E-state index contributed by atoms with van der Waals surface area (Å²) in [5, 5.41) is 4.48. The van der Waals surface area contributed by atoms with Gasteiger partial charge in [0, 0.05) is 43.3 Å². The van der Waals surface area contributed by atoms with E-state index in [4.69, 9.17) is 4.74 Å². The van der Waals surface area contributed by atoms with Gasteiger partial charge in [-0.05, 0) is 37.5 Å². The lowest BCUT2D eigenvalue weighted by Crippen LogP contribution is -2.50. The van der Waals surface area contributed by atoms with E-state index < -0.39 is 0 Å². The molecule has 0 aliphatic carbocycles. The lowest BCUT2D eigenvalue weighted by molar-refractivity contribution is -0.133. The molecule has 148 valence electrons. The van der Waals surface area contributed by atoms with Crippen molar-refractivity contribution in [3.8, 4) is 11.3 Å². The number of hydrogen-bond acceptors (Lipinski definition) is 5. The second kappa shape index (κ2) is 8.00. The van der Waals surface area contributed by atoms with Crippen LogP contribution >= 0.6 is 0 Å². The first-order chi connectivity index (χ1) is 13.7. The van der Waals surface area contributed by atoms with Crippen LogP contribution in [0, 0.1) is 0 Å². The van der Waals surface area contributed by atoms with Crippen LogP contribution in [0.5, 0.6) is 0 Å². The molecule has 0 saturated carbocycles. The summed E-state index contributed by atoms with van der Waals surface area (Å²) >= 11 is 0. The van der Waals surface area contributed by atoms with E-state index in [1.807, 2.05) is 34.2 Å². The Balaban J connectivity index is 1.32. The van der Waals surface area contributed by atoms with Crippen molar-refractivity contribution in [1.29, 1.82) is 0 Å². The van der Waals surface area contributed by atoms with Gasteiger partial charge in [-0.25, -0.2) is 4.79 Å². The fourth-order valence-electron chi connectivity index (χ4n) is 3.98. The van der Waals surface area contributed by atoms with Gasteiger partial charge < -0.3 is 9.64 Å². The van der Waals surface area contributed by atoms with Crippen LogP contribution in [0.15, 0.2) is 36.8 Å². The maximum Gasteiger partial charge on any atom is 0.410 e. The van der Waals surface area contributed by atoms with Gasteiger partial charge in [0.25, 0.3) is 0 Å². The summed E-state index contributed by atoms with van der Waals surface area (Å²) in [6.45, 7) is 4.07. The van der Waals surface area contributed by atoms with Crippen LogP contribution in [0.1, 0.15) is 26.2 Å². The third-order valence-corrected chi connectivity index (χ3v) is 5.58. The first-order valence-corrected chi connectivity index (χ1v) is 9.82. The van der Waals surface area contributed by atoms with Crippen molar-refractivity contribution in [2.24, 2.45) is 0 Å². The number of pyridine rings is 1. The quantitative estimate of drug-likeness (QED) is 0.790. The molecule has 0 spiro atoms. The van der Waals surface area contributed by atoms with Crippen LogP contribution in [-0.4, -0.2) is 68.3 Å². The minimum atomic E-state index is -0.212. The molecular weight excluding hydrogens is 358 g/mol. The maximum absolute atomic E-state index is 12.7. The number of nitrogens with zero attached hydrogens (tertiary/aromatic N) is 5. The first kappa shape index (κ1) is 18.5. The summed E-state index contributed by atoms with van der Waals surface area (Å²) in [4.78, 5) is 32.5. The molecule has 1 unspecified atom stereocenters. The van der Waals surface area contributed by atoms with Crippen molar-refractivity contribution in [3.63, 3.8) is 0 Å². The number of likely N-dealkylation sites (tertiary alicyclic amines) is 1. The molecule has 4 rings (SSSR count). The highest BCUT2D eigenvalue weighted by molar-refractivity contribution is 5.76. The molecule has 2 fully saturated rings. The SMILES string of the molecule is CCC1COC(=O)N1C1CCN(C(=O)Cn2ccc(-c3cccnc3)n2)CC1. The van der Waals surface area contributed by atoms with Crippen LogP contribution in [0.25, 0.3) is 11.3 Å². The molecule has 8 nitrogen and oxygen atoms in total. The number of ether oxygens (including phenoxy) is 1. The lowest BCUT2D eigenvalue weighted by atomic mass is 10.0.